The average Bonchev–Trinajstić information content (AvgIpc) is 3.47. The van der Waals surface area contributed by atoms with Gasteiger partial charge in [0.15, 0.2) is 5.11 Å². The Labute approximate surface area is 260 Å². The van der Waals surface area contributed by atoms with Crippen LogP contribution < -0.4 is 20.3 Å². The van der Waals surface area contributed by atoms with Crippen molar-refractivity contribution in [2.24, 2.45) is 5.41 Å². The van der Waals surface area contributed by atoms with Crippen molar-refractivity contribution in [1.82, 2.24) is 14.9 Å². The number of aryl methyl sites for hydroxylation is 3. The number of pyridine rings is 1. The second-order valence-corrected chi connectivity index (χ2v) is 12.6. The molecule has 224 valence electrons. The highest BCUT2D eigenvalue weighted by molar-refractivity contribution is 7.80. The highest BCUT2D eigenvalue weighted by Gasteiger charge is 2.42. The second kappa shape index (κ2) is 11.8. The molecule has 43 heavy (non-hydrogen) atoms. The van der Waals surface area contributed by atoms with Gasteiger partial charge in [-0.25, -0.2) is 0 Å². The SMILES string of the molecule is CCc1cccc(C)c1-n1c(C)cc([C@@H]2[C@H](c3ccccn3)NC(=S)N2c2ccc(NC(=O)C(C)(C)C)c(OC)c2)c1C. The van der Waals surface area contributed by atoms with Crippen molar-refractivity contribution in [2.75, 3.05) is 17.3 Å². The fourth-order valence-corrected chi connectivity index (χ4v) is 6.29. The molecule has 1 amide bonds. The van der Waals surface area contributed by atoms with E-state index in [1.54, 1.807) is 7.11 Å². The molecule has 0 radical (unpaired) electrons. The van der Waals surface area contributed by atoms with E-state index >= 15 is 0 Å². The van der Waals surface area contributed by atoms with Gasteiger partial charge in [-0.1, -0.05) is 52.0 Å². The Balaban J connectivity index is 1.66. The molecule has 1 saturated heterocycles. The number of nitrogens with one attached hydrogen (secondary N) is 2. The van der Waals surface area contributed by atoms with E-state index in [1.807, 2.05) is 63.4 Å². The Hall–Kier alpha value is -4.17. The van der Waals surface area contributed by atoms with Crippen LogP contribution in [0.2, 0.25) is 0 Å². The van der Waals surface area contributed by atoms with Gasteiger partial charge in [-0.15, -0.1) is 0 Å². The number of rotatable bonds is 7. The number of thiocarbonyl (C=S) groups is 1. The van der Waals surface area contributed by atoms with Crippen LogP contribution in [0, 0.1) is 26.2 Å². The van der Waals surface area contributed by atoms with Gasteiger partial charge in [0.25, 0.3) is 0 Å². The zero-order chi connectivity index (χ0) is 31.1. The van der Waals surface area contributed by atoms with Gasteiger partial charge in [0.05, 0.1) is 36.3 Å². The molecule has 5 rings (SSSR count). The topological polar surface area (TPSA) is 71.4 Å². The molecule has 2 aromatic carbocycles. The average molecular weight is 596 g/mol. The molecular weight excluding hydrogens is 554 g/mol. The van der Waals surface area contributed by atoms with Gasteiger partial charge in [-0.2, -0.15) is 0 Å². The van der Waals surface area contributed by atoms with Gasteiger partial charge in [-0.3, -0.25) is 9.78 Å². The van der Waals surface area contributed by atoms with Crippen LogP contribution >= 0.6 is 12.2 Å². The van der Waals surface area contributed by atoms with Gasteiger partial charge >= 0.3 is 0 Å². The summed E-state index contributed by atoms with van der Waals surface area (Å²) in [5.74, 6) is 0.482. The van der Waals surface area contributed by atoms with Crippen LogP contribution in [0.25, 0.3) is 5.69 Å². The van der Waals surface area contributed by atoms with Crippen molar-refractivity contribution in [1.29, 1.82) is 0 Å². The summed E-state index contributed by atoms with van der Waals surface area (Å²) in [7, 11) is 1.61. The minimum atomic E-state index is -0.539. The second-order valence-electron chi connectivity index (χ2n) is 12.2. The van der Waals surface area contributed by atoms with Crippen LogP contribution in [0.3, 0.4) is 0 Å². The molecule has 0 bridgehead atoms. The van der Waals surface area contributed by atoms with Gasteiger partial charge in [0.2, 0.25) is 5.91 Å². The molecule has 1 aliphatic heterocycles. The monoisotopic (exact) mass is 595 g/mol. The zero-order valence-electron chi connectivity index (χ0n) is 26.3. The molecule has 4 aromatic rings. The first-order chi connectivity index (χ1) is 20.5. The summed E-state index contributed by atoms with van der Waals surface area (Å²) in [5.41, 5.74) is 9.12. The smallest absolute Gasteiger partial charge is 0.229 e. The first-order valence-corrected chi connectivity index (χ1v) is 15.1. The molecule has 1 aliphatic rings. The molecule has 3 heterocycles. The molecule has 0 saturated carbocycles. The van der Waals surface area contributed by atoms with E-state index in [-0.39, 0.29) is 18.0 Å². The summed E-state index contributed by atoms with van der Waals surface area (Å²) < 4.78 is 8.15. The zero-order valence-corrected chi connectivity index (χ0v) is 27.1. The summed E-state index contributed by atoms with van der Waals surface area (Å²) in [6, 6.07) is 20.2. The number of methoxy groups -OCH3 is 1. The van der Waals surface area contributed by atoms with Crippen LogP contribution in [-0.4, -0.2) is 27.7 Å². The Kier molecular flexibility index (Phi) is 8.34. The van der Waals surface area contributed by atoms with E-state index in [9.17, 15) is 4.79 Å². The predicted molar refractivity (Wildman–Crippen MR) is 178 cm³/mol. The van der Waals surface area contributed by atoms with Crippen LogP contribution in [0.15, 0.2) is 66.9 Å². The first kappa shape index (κ1) is 30.3. The predicted octanol–water partition coefficient (Wildman–Crippen LogP) is 7.53. The molecular formula is C35H41N5O2S. The first-order valence-electron chi connectivity index (χ1n) is 14.7. The van der Waals surface area contributed by atoms with Crippen molar-refractivity contribution in [2.45, 2.75) is 67.0 Å². The molecule has 0 spiro atoms. The highest BCUT2D eigenvalue weighted by atomic mass is 32.1. The lowest BCUT2D eigenvalue weighted by atomic mass is 9.95. The number of hydrogen-bond donors (Lipinski definition) is 2. The minimum absolute atomic E-state index is 0.0832. The van der Waals surface area contributed by atoms with Gasteiger partial charge in [0.1, 0.15) is 5.75 Å². The number of amides is 1. The van der Waals surface area contributed by atoms with Gasteiger partial charge < -0.3 is 24.8 Å². The van der Waals surface area contributed by atoms with Crippen LogP contribution in [0.5, 0.6) is 5.75 Å². The maximum Gasteiger partial charge on any atom is 0.229 e. The van der Waals surface area contributed by atoms with Gasteiger partial charge in [-0.05, 0) is 86.4 Å². The number of anilines is 2. The molecule has 2 aromatic heterocycles. The summed E-state index contributed by atoms with van der Waals surface area (Å²) in [6.45, 7) is 14.4. The number of aromatic nitrogens is 2. The molecule has 2 N–H and O–H groups in total. The standard InChI is InChI=1S/C35H41N5O2S/c1-9-24-14-12-13-21(2)31(24)39-22(3)19-26(23(39)4)32-30(28-15-10-11-18-36-28)38-34(43)40(32)25-16-17-27(29(20-25)42-8)37-33(41)35(5,6)7/h10-20,30,32H,9H2,1-8H3,(H,37,41)(H,38,43)/t30-,32+/m0/s1. The van der Waals surface area contributed by atoms with Crippen LogP contribution in [-0.2, 0) is 11.2 Å². The van der Waals surface area contributed by atoms with E-state index in [0.717, 1.165) is 34.8 Å². The number of hydrogen-bond acceptors (Lipinski definition) is 4. The summed E-state index contributed by atoms with van der Waals surface area (Å²) in [4.78, 5) is 19.7. The van der Waals surface area contributed by atoms with Crippen molar-refractivity contribution in [3.63, 3.8) is 0 Å². The number of carbonyl (C=O) groups excluding carboxylic acids is 1. The van der Waals surface area contributed by atoms with Crippen molar-refractivity contribution < 1.29 is 9.53 Å². The Morgan fingerprint density at radius 2 is 1.84 bits per heavy atom. The molecule has 2 atom stereocenters. The van der Waals surface area contributed by atoms with Crippen molar-refractivity contribution in [3.8, 4) is 11.4 Å². The third-order valence-corrected chi connectivity index (χ3v) is 8.52. The number of para-hydroxylation sites is 1. The van der Waals surface area contributed by atoms with E-state index < -0.39 is 5.41 Å². The minimum Gasteiger partial charge on any atom is -0.494 e. The lowest BCUT2D eigenvalue weighted by Gasteiger charge is -2.29. The quantitative estimate of drug-likeness (QED) is 0.215. The lowest BCUT2D eigenvalue weighted by Crippen LogP contribution is -2.30. The molecule has 8 heteroatoms. The van der Waals surface area contributed by atoms with Crippen LogP contribution in [0.1, 0.15) is 73.6 Å². The van der Waals surface area contributed by atoms with Crippen molar-refractivity contribution in [3.05, 3.63) is 101 Å². The number of carbonyl (C=O) groups is 1. The number of nitrogens with zero attached hydrogens (tertiary/aromatic N) is 3. The Morgan fingerprint density at radius 3 is 2.49 bits per heavy atom. The number of ether oxygens (including phenoxy) is 1. The Bertz CT molecular complexity index is 1670. The normalized spacial score (nSPS) is 16.7. The van der Waals surface area contributed by atoms with E-state index in [1.165, 1.54) is 16.8 Å². The fourth-order valence-electron chi connectivity index (χ4n) is 5.95. The largest absolute Gasteiger partial charge is 0.494 e. The summed E-state index contributed by atoms with van der Waals surface area (Å²) in [5, 5.41) is 7.20. The van der Waals surface area contributed by atoms with Crippen LogP contribution in [0.4, 0.5) is 11.4 Å². The van der Waals surface area contributed by atoms with E-state index in [2.05, 4.69) is 72.1 Å². The summed E-state index contributed by atoms with van der Waals surface area (Å²) in [6.07, 6.45) is 2.76. The van der Waals surface area contributed by atoms with E-state index in [4.69, 9.17) is 21.9 Å². The summed E-state index contributed by atoms with van der Waals surface area (Å²) >= 11 is 6.01. The maximum absolute atomic E-state index is 12.8. The third kappa shape index (κ3) is 5.64. The third-order valence-electron chi connectivity index (χ3n) is 8.21. The number of benzene rings is 2. The van der Waals surface area contributed by atoms with Crippen molar-refractivity contribution >= 4 is 34.6 Å². The van der Waals surface area contributed by atoms with E-state index in [0.29, 0.717) is 16.5 Å². The molecule has 0 unspecified atom stereocenters. The molecule has 0 aliphatic carbocycles. The lowest BCUT2D eigenvalue weighted by molar-refractivity contribution is -0.123. The maximum atomic E-state index is 12.8. The highest BCUT2D eigenvalue weighted by Crippen LogP contribution is 2.45. The Morgan fingerprint density at radius 1 is 1.07 bits per heavy atom. The van der Waals surface area contributed by atoms with Gasteiger partial charge in [0, 0.05) is 34.8 Å². The molecule has 7 nitrogen and oxygen atoms in total. The molecule has 1 fully saturated rings. The fraction of sp³-hybridized carbons (Fsp3) is 0.343.